The number of rotatable bonds is 4. The number of benzene rings is 2. The molecule has 2 heterocycles. The van der Waals surface area contributed by atoms with E-state index in [1.54, 1.807) is 0 Å². The van der Waals surface area contributed by atoms with Crippen molar-refractivity contribution in [3.05, 3.63) is 65.7 Å². The molecular weight excluding hydrogens is 364 g/mol. The Balaban J connectivity index is 1.32. The lowest BCUT2D eigenvalue weighted by atomic mass is 10.0. The van der Waals surface area contributed by atoms with Crippen molar-refractivity contribution in [2.75, 3.05) is 30.7 Å². The lowest BCUT2D eigenvalue weighted by Crippen LogP contribution is -2.50. The summed E-state index contributed by atoms with van der Waals surface area (Å²) in [6.07, 6.45) is 2.77. The molecule has 1 amide bonds. The number of amides is 1. The highest BCUT2D eigenvalue weighted by atomic mass is 28.3. The first-order valence-corrected chi connectivity index (χ1v) is 11.7. The van der Waals surface area contributed by atoms with Crippen LogP contribution >= 0.6 is 0 Å². The molecule has 0 unspecified atom stereocenters. The highest BCUT2D eigenvalue weighted by molar-refractivity contribution is 6.91. The zero-order chi connectivity index (χ0) is 19.3. The average Bonchev–Trinajstić information content (AvgIpc) is 3.25. The van der Waals surface area contributed by atoms with Crippen LogP contribution in [0.4, 0.5) is 10.5 Å². The fourth-order valence-electron chi connectivity index (χ4n) is 4.15. The molecule has 0 spiro atoms. The molecule has 2 saturated heterocycles. The number of nitrogens with zero attached hydrogens (tertiary/aromatic N) is 2. The van der Waals surface area contributed by atoms with E-state index >= 15 is 0 Å². The van der Waals surface area contributed by atoms with Crippen molar-refractivity contribution in [3.63, 3.8) is 0 Å². The second-order valence-corrected chi connectivity index (χ2v) is 10.1. The molecule has 0 aromatic heterocycles. The molecule has 1 radical (unpaired) electrons. The molecule has 0 saturated carbocycles. The molecule has 6 heteroatoms. The van der Waals surface area contributed by atoms with Gasteiger partial charge in [0.1, 0.15) is 0 Å². The smallest absolute Gasteiger partial charge is 0.192 e. The fourth-order valence-corrected chi connectivity index (χ4v) is 6.66. The van der Waals surface area contributed by atoms with Gasteiger partial charge in [0, 0.05) is 30.4 Å². The molecule has 2 aromatic rings. The number of carbonyl (C=O) groups is 1. The summed E-state index contributed by atoms with van der Waals surface area (Å²) in [4.78, 5) is 15.3. The monoisotopic (exact) mass is 389 g/mol. The van der Waals surface area contributed by atoms with Crippen molar-refractivity contribution in [1.82, 2.24) is 10.6 Å². The SMILES string of the molecule is N#Cc1ccc(N2CCC(NC(=O)[Si]3CNC[C@H]3c3ccccc3)CC2)cc1. The third-order valence-electron chi connectivity index (χ3n) is 5.77. The van der Waals surface area contributed by atoms with Gasteiger partial charge in [-0.05, 0) is 55.4 Å². The van der Waals surface area contributed by atoms with Crippen LogP contribution in [0.1, 0.15) is 29.5 Å². The molecule has 0 bridgehead atoms. The summed E-state index contributed by atoms with van der Waals surface area (Å²) in [6, 6.07) is 20.6. The second kappa shape index (κ2) is 8.59. The minimum Gasteiger partial charge on any atom is -0.371 e. The number of hydrogen-bond donors (Lipinski definition) is 2. The predicted octanol–water partition coefficient (Wildman–Crippen LogP) is 2.78. The van der Waals surface area contributed by atoms with Crippen LogP contribution in [0.5, 0.6) is 0 Å². The lowest BCUT2D eigenvalue weighted by molar-refractivity contribution is 0.252. The summed E-state index contributed by atoms with van der Waals surface area (Å²) >= 11 is 0. The second-order valence-electron chi connectivity index (χ2n) is 7.51. The van der Waals surface area contributed by atoms with Crippen LogP contribution in [-0.4, -0.2) is 46.2 Å². The molecule has 0 aliphatic carbocycles. The molecule has 2 aliphatic rings. The van der Waals surface area contributed by atoms with Crippen molar-refractivity contribution in [3.8, 4) is 6.07 Å². The normalized spacial score (nSPS) is 20.7. The van der Waals surface area contributed by atoms with Crippen LogP contribution in [0.25, 0.3) is 0 Å². The highest BCUT2D eigenvalue weighted by Gasteiger charge is 2.37. The third kappa shape index (κ3) is 4.11. The van der Waals surface area contributed by atoms with Crippen molar-refractivity contribution < 1.29 is 4.79 Å². The predicted molar refractivity (Wildman–Crippen MR) is 113 cm³/mol. The Morgan fingerprint density at radius 1 is 1.11 bits per heavy atom. The number of anilines is 1. The van der Waals surface area contributed by atoms with Crippen LogP contribution in [-0.2, 0) is 0 Å². The molecule has 5 nitrogen and oxygen atoms in total. The minimum absolute atomic E-state index is 0.261. The van der Waals surface area contributed by atoms with Gasteiger partial charge in [-0.2, -0.15) is 5.26 Å². The van der Waals surface area contributed by atoms with Gasteiger partial charge < -0.3 is 15.5 Å². The van der Waals surface area contributed by atoms with E-state index in [9.17, 15) is 4.79 Å². The summed E-state index contributed by atoms with van der Waals surface area (Å²) in [5, 5.41) is 15.7. The molecular formula is C22H25N4OSi. The Bertz CT molecular complexity index is 841. The summed E-state index contributed by atoms with van der Waals surface area (Å²) in [7, 11) is -1.16. The molecule has 2 N–H and O–H groups in total. The van der Waals surface area contributed by atoms with Crippen molar-refractivity contribution in [1.29, 1.82) is 5.26 Å². The number of nitrogens with one attached hydrogen (secondary N) is 2. The number of carbonyl (C=O) groups excluding carboxylic acids is 1. The van der Waals surface area contributed by atoms with Gasteiger partial charge >= 0.3 is 0 Å². The molecule has 28 heavy (non-hydrogen) atoms. The number of piperidine rings is 1. The van der Waals surface area contributed by atoms with Crippen LogP contribution in [0, 0.1) is 11.3 Å². The molecule has 2 aliphatic heterocycles. The van der Waals surface area contributed by atoms with Gasteiger partial charge in [0.15, 0.2) is 14.3 Å². The van der Waals surface area contributed by atoms with E-state index in [4.69, 9.17) is 5.26 Å². The maximum absolute atomic E-state index is 13.0. The van der Waals surface area contributed by atoms with Gasteiger partial charge in [-0.3, -0.25) is 4.79 Å². The largest absolute Gasteiger partial charge is 0.371 e. The van der Waals surface area contributed by atoms with Crippen LogP contribution < -0.4 is 15.5 Å². The summed E-state index contributed by atoms with van der Waals surface area (Å²) in [5.74, 6) is 0. The van der Waals surface area contributed by atoms with Gasteiger partial charge in [0.2, 0.25) is 0 Å². The zero-order valence-corrected chi connectivity index (χ0v) is 16.9. The van der Waals surface area contributed by atoms with Gasteiger partial charge in [0.05, 0.1) is 11.6 Å². The van der Waals surface area contributed by atoms with E-state index in [-0.39, 0.29) is 11.6 Å². The zero-order valence-electron chi connectivity index (χ0n) is 15.9. The van der Waals surface area contributed by atoms with Crippen LogP contribution in [0.15, 0.2) is 54.6 Å². The summed E-state index contributed by atoms with van der Waals surface area (Å²) < 4.78 is 0. The molecule has 143 valence electrons. The Labute approximate surface area is 168 Å². The topological polar surface area (TPSA) is 68.2 Å². The van der Waals surface area contributed by atoms with Gasteiger partial charge in [-0.25, -0.2) is 0 Å². The molecule has 4 rings (SSSR count). The minimum atomic E-state index is -1.16. The van der Waals surface area contributed by atoms with E-state index in [1.165, 1.54) is 5.56 Å². The lowest BCUT2D eigenvalue weighted by Gasteiger charge is -2.34. The fraction of sp³-hybridized carbons (Fsp3) is 0.364. The van der Waals surface area contributed by atoms with Crippen molar-refractivity contribution >= 4 is 20.0 Å². The summed E-state index contributed by atoms with van der Waals surface area (Å²) in [5.41, 5.74) is 3.75. The number of hydrogen-bond acceptors (Lipinski definition) is 4. The summed E-state index contributed by atoms with van der Waals surface area (Å²) in [6.45, 7) is 2.77. The Hall–Kier alpha value is -2.62. The van der Waals surface area contributed by atoms with Crippen molar-refractivity contribution in [2.24, 2.45) is 0 Å². The molecule has 2 aromatic carbocycles. The maximum atomic E-state index is 13.0. The first kappa shape index (κ1) is 18.7. The Kier molecular flexibility index (Phi) is 5.75. The van der Waals surface area contributed by atoms with Crippen LogP contribution in [0.3, 0.4) is 0 Å². The van der Waals surface area contributed by atoms with Gasteiger partial charge in [-0.1, -0.05) is 30.3 Å². The molecule has 2 fully saturated rings. The Morgan fingerprint density at radius 3 is 2.50 bits per heavy atom. The standard InChI is InChI=1S/C22H25N4OSi/c23-14-17-6-8-20(9-7-17)26-12-10-19(11-13-26)25-22(27)28-16-24-15-21(28)18-4-2-1-3-5-18/h1-9,19,21,24H,10-13,15-16H2,(H,25,27)/t21-/m0/s1. The van der Waals surface area contributed by atoms with E-state index in [0.717, 1.165) is 44.3 Å². The van der Waals surface area contributed by atoms with Crippen LogP contribution in [0.2, 0.25) is 0 Å². The quantitative estimate of drug-likeness (QED) is 0.789. The average molecular weight is 390 g/mol. The van der Waals surface area contributed by atoms with E-state index in [0.29, 0.717) is 11.1 Å². The van der Waals surface area contributed by atoms with Crippen molar-refractivity contribution in [2.45, 2.75) is 24.4 Å². The van der Waals surface area contributed by atoms with Gasteiger partial charge in [-0.15, -0.1) is 0 Å². The first-order valence-electron chi connectivity index (χ1n) is 9.92. The van der Waals surface area contributed by atoms with E-state index in [1.807, 2.05) is 30.3 Å². The Morgan fingerprint density at radius 2 is 1.82 bits per heavy atom. The molecule has 1 atom stereocenters. The third-order valence-corrected chi connectivity index (χ3v) is 8.51. The van der Waals surface area contributed by atoms with E-state index < -0.39 is 8.80 Å². The number of nitriles is 1. The first-order chi connectivity index (χ1) is 13.7. The highest BCUT2D eigenvalue weighted by Crippen LogP contribution is 2.24. The van der Waals surface area contributed by atoms with E-state index in [2.05, 4.69) is 45.9 Å². The maximum Gasteiger partial charge on any atom is 0.192 e. The van der Waals surface area contributed by atoms with Gasteiger partial charge in [0.25, 0.3) is 0 Å².